The SMILES string of the molecule is CCCNC(C1=CCCCC1)c1ccncc1F. The smallest absolute Gasteiger partial charge is 0.146 e. The van der Waals surface area contributed by atoms with Crippen LogP contribution in [0.4, 0.5) is 4.39 Å². The maximum absolute atomic E-state index is 13.9. The van der Waals surface area contributed by atoms with Gasteiger partial charge in [-0.25, -0.2) is 4.39 Å². The minimum absolute atomic E-state index is 0.0215. The number of halogens is 1. The number of rotatable bonds is 5. The van der Waals surface area contributed by atoms with E-state index in [0.29, 0.717) is 0 Å². The number of aromatic nitrogens is 1. The van der Waals surface area contributed by atoms with Crippen LogP contribution in [0.5, 0.6) is 0 Å². The van der Waals surface area contributed by atoms with Crippen molar-refractivity contribution in [3.8, 4) is 0 Å². The van der Waals surface area contributed by atoms with Gasteiger partial charge in [0.1, 0.15) is 5.82 Å². The van der Waals surface area contributed by atoms with E-state index in [0.717, 1.165) is 31.4 Å². The largest absolute Gasteiger partial charge is 0.306 e. The van der Waals surface area contributed by atoms with Gasteiger partial charge in [0.05, 0.1) is 12.2 Å². The first kappa shape index (κ1) is 13.2. The summed E-state index contributed by atoms with van der Waals surface area (Å²) >= 11 is 0. The van der Waals surface area contributed by atoms with Gasteiger partial charge in [-0.3, -0.25) is 4.98 Å². The Morgan fingerprint density at radius 3 is 3.00 bits per heavy atom. The molecule has 0 amide bonds. The number of hydrogen-bond donors (Lipinski definition) is 1. The summed E-state index contributed by atoms with van der Waals surface area (Å²) in [6.07, 6.45) is 11.0. The van der Waals surface area contributed by atoms with Crippen molar-refractivity contribution in [3.05, 3.63) is 41.5 Å². The molecule has 0 bridgehead atoms. The van der Waals surface area contributed by atoms with Crippen molar-refractivity contribution in [1.82, 2.24) is 10.3 Å². The zero-order valence-corrected chi connectivity index (χ0v) is 11.0. The van der Waals surface area contributed by atoms with Crippen LogP contribution >= 0.6 is 0 Å². The average molecular weight is 248 g/mol. The molecule has 1 aliphatic carbocycles. The van der Waals surface area contributed by atoms with E-state index in [-0.39, 0.29) is 11.9 Å². The van der Waals surface area contributed by atoms with Gasteiger partial charge in [0.2, 0.25) is 0 Å². The highest BCUT2D eigenvalue weighted by molar-refractivity contribution is 5.28. The van der Waals surface area contributed by atoms with Crippen LogP contribution in [-0.2, 0) is 0 Å². The zero-order chi connectivity index (χ0) is 12.8. The number of nitrogens with one attached hydrogen (secondary N) is 1. The van der Waals surface area contributed by atoms with Crippen LogP contribution in [0, 0.1) is 5.82 Å². The highest BCUT2D eigenvalue weighted by Gasteiger charge is 2.20. The Morgan fingerprint density at radius 1 is 1.44 bits per heavy atom. The molecule has 0 spiro atoms. The van der Waals surface area contributed by atoms with Gasteiger partial charge in [-0.1, -0.05) is 18.6 Å². The highest BCUT2D eigenvalue weighted by Crippen LogP contribution is 2.30. The van der Waals surface area contributed by atoms with E-state index in [1.54, 1.807) is 12.3 Å². The Bertz CT molecular complexity index is 415. The minimum Gasteiger partial charge on any atom is -0.306 e. The van der Waals surface area contributed by atoms with E-state index in [1.165, 1.54) is 24.6 Å². The van der Waals surface area contributed by atoms with E-state index in [1.807, 2.05) is 0 Å². The second kappa shape index (κ2) is 6.64. The standard InChI is InChI=1S/C15H21FN2/c1-2-9-18-15(12-6-4-3-5-7-12)13-8-10-17-11-14(13)16/h6,8,10-11,15,18H,2-5,7,9H2,1H3. The second-order valence-electron chi connectivity index (χ2n) is 4.81. The molecule has 2 nitrogen and oxygen atoms in total. The number of hydrogen-bond acceptors (Lipinski definition) is 2. The van der Waals surface area contributed by atoms with Gasteiger partial charge in [-0.2, -0.15) is 0 Å². The van der Waals surface area contributed by atoms with Crippen LogP contribution in [0.3, 0.4) is 0 Å². The van der Waals surface area contributed by atoms with Crippen molar-refractivity contribution < 1.29 is 4.39 Å². The lowest BCUT2D eigenvalue weighted by molar-refractivity contribution is 0.513. The molecule has 0 radical (unpaired) electrons. The molecule has 1 aliphatic rings. The predicted octanol–water partition coefficient (Wildman–Crippen LogP) is 3.76. The first-order chi connectivity index (χ1) is 8.83. The summed E-state index contributed by atoms with van der Waals surface area (Å²) in [6.45, 7) is 3.03. The van der Waals surface area contributed by atoms with Gasteiger partial charge < -0.3 is 5.32 Å². The summed E-state index contributed by atoms with van der Waals surface area (Å²) in [5.41, 5.74) is 2.06. The molecule has 1 heterocycles. The fraction of sp³-hybridized carbons (Fsp3) is 0.533. The van der Waals surface area contributed by atoms with Gasteiger partial charge in [0.25, 0.3) is 0 Å². The normalized spacial score (nSPS) is 17.3. The van der Waals surface area contributed by atoms with Crippen LogP contribution in [0.15, 0.2) is 30.1 Å². The van der Waals surface area contributed by atoms with Crippen molar-refractivity contribution in [2.45, 2.75) is 45.1 Å². The molecule has 98 valence electrons. The molecule has 0 saturated carbocycles. The van der Waals surface area contributed by atoms with Crippen molar-refractivity contribution in [3.63, 3.8) is 0 Å². The minimum atomic E-state index is -0.211. The van der Waals surface area contributed by atoms with Crippen LogP contribution in [0.2, 0.25) is 0 Å². The van der Waals surface area contributed by atoms with Crippen LogP contribution in [0.1, 0.15) is 50.6 Å². The molecule has 0 saturated heterocycles. The molecule has 1 aromatic rings. The van der Waals surface area contributed by atoms with Crippen LogP contribution < -0.4 is 5.32 Å². The third kappa shape index (κ3) is 3.16. The molecule has 0 fully saturated rings. The van der Waals surface area contributed by atoms with Gasteiger partial charge in [-0.15, -0.1) is 0 Å². The van der Waals surface area contributed by atoms with Crippen molar-refractivity contribution in [2.24, 2.45) is 0 Å². The number of nitrogens with zero attached hydrogens (tertiary/aromatic N) is 1. The molecule has 1 atom stereocenters. The summed E-state index contributed by atoms with van der Waals surface area (Å²) in [7, 11) is 0. The average Bonchev–Trinajstić information content (AvgIpc) is 2.42. The summed E-state index contributed by atoms with van der Waals surface area (Å²) in [5, 5.41) is 3.46. The molecule has 3 heteroatoms. The predicted molar refractivity (Wildman–Crippen MR) is 71.8 cm³/mol. The number of allylic oxidation sites excluding steroid dienone is 1. The lowest BCUT2D eigenvalue weighted by atomic mass is 9.90. The summed E-state index contributed by atoms with van der Waals surface area (Å²) in [4.78, 5) is 3.83. The molecular weight excluding hydrogens is 227 g/mol. The molecule has 1 aromatic heterocycles. The Balaban J connectivity index is 2.24. The maximum Gasteiger partial charge on any atom is 0.146 e. The topological polar surface area (TPSA) is 24.9 Å². The quantitative estimate of drug-likeness (QED) is 0.802. The van der Waals surface area contributed by atoms with Crippen LogP contribution in [0.25, 0.3) is 0 Å². The van der Waals surface area contributed by atoms with E-state index in [9.17, 15) is 4.39 Å². The molecule has 2 rings (SSSR count). The van der Waals surface area contributed by atoms with Gasteiger partial charge in [0.15, 0.2) is 0 Å². The third-order valence-electron chi connectivity index (χ3n) is 3.41. The van der Waals surface area contributed by atoms with E-state index in [4.69, 9.17) is 0 Å². The second-order valence-corrected chi connectivity index (χ2v) is 4.81. The molecular formula is C15H21FN2. The van der Waals surface area contributed by atoms with E-state index in [2.05, 4.69) is 23.3 Å². The third-order valence-corrected chi connectivity index (χ3v) is 3.41. The molecule has 1 N–H and O–H groups in total. The summed E-state index contributed by atoms with van der Waals surface area (Å²) in [5.74, 6) is -0.211. The van der Waals surface area contributed by atoms with Crippen molar-refractivity contribution >= 4 is 0 Å². The van der Waals surface area contributed by atoms with Crippen LogP contribution in [-0.4, -0.2) is 11.5 Å². The lowest BCUT2D eigenvalue weighted by Crippen LogP contribution is -2.25. The first-order valence-electron chi connectivity index (χ1n) is 6.84. The maximum atomic E-state index is 13.9. The fourth-order valence-electron chi connectivity index (χ4n) is 2.47. The highest BCUT2D eigenvalue weighted by atomic mass is 19.1. The molecule has 0 aromatic carbocycles. The lowest BCUT2D eigenvalue weighted by Gasteiger charge is -2.25. The Hall–Kier alpha value is -1.22. The Morgan fingerprint density at radius 2 is 2.33 bits per heavy atom. The zero-order valence-electron chi connectivity index (χ0n) is 11.0. The molecule has 1 unspecified atom stereocenters. The fourth-order valence-corrected chi connectivity index (χ4v) is 2.47. The Labute approximate surface area is 108 Å². The van der Waals surface area contributed by atoms with Gasteiger partial charge in [0, 0.05) is 11.8 Å². The summed E-state index contributed by atoms with van der Waals surface area (Å²) < 4.78 is 13.9. The Kier molecular flexibility index (Phi) is 4.88. The molecule has 18 heavy (non-hydrogen) atoms. The number of pyridine rings is 1. The van der Waals surface area contributed by atoms with Gasteiger partial charge in [-0.05, 0) is 44.7 Å². The van der Waals surface area contributed by atoms with Gasteiger partial charge >= 0.3 is 0 Å². The van der Waals surface area contributed by atoms with E-state index < -0.39 is 0 Å². The van der Waals surface area contributed by atoms with E-state index >= 15 is 0 Å². The summed E-state index contributed by atoms with van der Waals surface area (Å²) in [6, 6.07) is 1.81. The van der Waals surface area contributed by atoms with Crippen molar-refractivity contribution in [2.75, 3.05) is 6.54 Å². The molecule has 0 aliphatic heterocycles. The van der Waals surface area contributed by atoms with Crippen molar-refractivity contribution in [1.29, 1.82) is 0 Å². The first-order valence-corrected chi connectivity index (χ1v) is 6.84. The monoisotopic (exact) mass is 248 g/mol.